The van der Waals surface area contributed by atoms with E-state index in [1.54, 1.807) is 6.07 Å². The second kappa shape index (κ2) is 6.13. The summed E-state index contributed by atoms with van der Waals surface area (Å²) in [6.45, 7) is 2.25. The van der Waals surface area contributed by atoms with Crippen molar-refractivity contribution in [2.75, 3.05) is 25.5 Å². The number of fused-ring (bicyclic) bond motifs is 1. The van der Waals surface area contributed by atoms with Crippen molar-refractivity contribution in [3.05, 3.63) is 48.0 Å². The van der Waals surface area contributed by atoms with Crippen LogP contribution in [0.2, 0.25) is 0 Å². The summed E-state index contributed by atoms with van der Waals surface area (Å²) in [6, 6.07) is 7.48. The summed E-state index contributed by atoms with van der Waals surface area (Å²) < 4.78 is 4.90. The molecule has 1 aliphatic rings. The molecule has 1 aromatic carbocycles. The molecule has 0 bridgehead atoms. The van der Waals surface area contributed by atoms with Crippen LogP contribution in [-0.4, -0.2) is 41.1 Å². The molecule has 0 atom stereocenters. The zero-order chi connectivity index (χ0) is 16.5. The summed E-state index contributed by atoms with van der Waals surface area (Å²) in [4.78, 5) is 17.8. The fourth-order valence-electron chi connectivity index (χ4n) is 3.40. The van der Waals surface area contributed by atoms with E-state index < -0.39 is 0 Å². The molecular formula is C18H20N4O2. The molecule has 0 unspecified atom stereocenters. The van der Waals surface area contributed by atoms with Gasteiger partial charge in [-0.25, -0.2) is 0 Å². The zero-order valence-electron chi connectivity index (χ0n) is 13.6. The molecule has 3 heterocycles. The molecular weight excluding hydrogens is 304 g/mol. The molecule has 4 rings (SSSR count). The molecule has 6 heteroatoms. The first-order chi connectivity index (χ1) is 11.7. The number of nitrogens with zero attached hydrogens (tertiary/aromatic N) is 2. The van der Waals surface area contributed by atoms with Gasteiger partial charge in [0.25, 0.3) is 5.91 Å². The Kier molecular flexibility index (Phi) is 3.82. The van der Waals surface area contributed by atoms with Gasteiger partial charge in [-0.2, -0.15) is 0 Å². The molecule has 1 saturated heterocycles. The second-order valence-corrected chi connectivity index (χ2v) is 6.41. The van der Waals surface area contributed by atoms with Gasteiger partial charge < -0.3 is 19.7 Å². The summed E-state index contributed by atoms with van der Waals surface area (Å²) in [7, 11) is 2.17. The lowest BCUT2D eigenvalue weighted by Crippen LogP contribution is -2.29. The Hall–Kier alpha value is -2.60. The highest BCUT2D eigenvalue weighted by atomic mass is 16.5. The lowest BCUT2D eigenvalue weighted by Gasteiger charge is -2.28. The van der Waals surface area contributed by atoms with Crippen LogP contribution in [0.3, 0.4) is 0 Å². The Bertz CT molecular complexity index is 845. The third-order valence-corrected chi connectivity index (χ3v) is 4.79. The smallest absolute Gasteiger partial charge is 0.294 e. The van der Waals surface area contributed by atoms with E-state index in [2.05, 4.69) is 33.6 Å². The minimum atomic E-state index is -0.289. The molecule has 0 spiro atoms. The molecule has 2 N–H and O–H groups in total. The number of hydrogen-bond donors (Lipinski definition) is 2. The van der Waals surface area contributed by atoms with Crippen molar-refractivity contribution in [2.24, 2.45) is 0 Å². The zero-order valence-corrected chi connectivity index (χ0v) is 13.6. The summed E-state index contributed by atoms with van der Waals surface area (Å²) in [5.74, 6) is 0.484. The van der Waals surface area contributed by atoms with Gasteiger partial charge in [0.2, 0.25) is 5.76 Å². The van der Waals surface area contributed by atoms with Crippen molar-refractivity contribution in [1.82, 2.24) is 15.0 Å². The summed E-state index contributed by atoms with van der Waals surface area (Å²) >= 11 is 0. The van der Waals surface area contributed by atoms with Crippen LogP contribution in [0.5, 0.6) is 0 Å². The maximum absolute atomic E-state index is 12.1. The number of carbonyl (C=O) groups excluding carboxylic acids is 1. The van der Waals surface area contributed by atoms with Gasteiger partial charge in [0.05, 0.1) is 6.20 Å². The normalized spacial score (nSPS) is 16.5. The molecule has 1 amide bonds. The average molecular weight is 324 g/mol. The van der Waals surface area contributed by atoms with Gasteiger partial charge in [-0.3, -0.25) is 4.79 Å². The second-order valence-electron chi connectivity index (χ2n) is 6.41. The third-order valence-electron chi connectivity index (χ3n) is 4.79. The van der Waals surface area contributed by atoms with Crippen LogP contribution in [0.1, 0.15) is 34.9 Å². The quantitative estimate of drug-likeness (QED) is 0.776. The summed E-state index contributed by atoms with van der Waals surface area (Å²) in [5, 5.41) is 7.61. The van der Waals surface area contributed by atoms with E-state index in [0.717, 1.165) is 37.1 Å². The monoisotopic (exact) mass is 324 g/mol. The summed E-state index contributed by atoms with van der Waals surface area (Å²) in [6.07, 6.45) is 5.90. The Morgan fingerprint density at radius 2 is 2.17 bits per heavy atom. The Balaban J connectivity index is 1.60. The van der Waals surface area contributed by atoms with Crippen molar-refractivity contribution < 1.29 is 9.32 Å². The van der Waals surface area contributed by atoms with Crippen molar-refractivity contribution in [3.8, 4) is 0 Å². The van der Waals surface area contributed by atoms with Crippen molar-refractivity contribution >= 4 is 22.5 Å². The van der Waals surface area contributed by atoms with E-state index >= 15 is 0 Å². The van der Waals surface area contributed by atoms with Gasteiger partial charge in [-0.05, 0) is 62.7 Å². The minimum absolute atomic E-state index is 0.208. The molecule has 2 aromatic heterocycles. The fourth-order valence-corrected chi connectivity index (χ4v) is 3.40. The van der Waals surface area contributed by atoms with Gasteiger partial charge in [-0.1, -0.05) is 5.16 Å². The van der Waals surface area contributed by atoms with Crippen molar-refractivity contribution in [3.63, 3.8) is 0 Å². The lowest BCUT2D eigenvalue weighted by molar-refractivity contribution is 0.0988. The number of anilines is 1. The molecule has 24 heavy (non-hydrogen) atoms. The molecule has 0 radical (unpaired) electrons. The van der Waals surface area contributed by atoms with E-state index in [4.69, 9.17) is 4.52 Å². The van der Waals surface area contributed by atoms with Crippen LogP contribution in [0.25, 0.3) is 10.9 Å². The number of amides is 1. The maximum Gasteiger partial charge on any atom is 0.294 e. The number of benzene rings is 1. The molecule has 3 aromatic rings. The number of rotatable bonds is 3. The number of piperidine rings is 1. The van der Waals surface area contributed by atoms with Crippen LogP contribution in [0.15, 0.2) is 41.2 Å². The molecule has 1 aliphatic heterocycles. The Morgan fingerprint density at radius 1 is 1.33 bits per heavy atom. The molecule has 0 aliphatic carbocycles. The first-order valence-corrected chi connectivity index (χ1v) is 8.22. The Labute approximate surface area is 139 Å². The maximum atomic E-state index is 12.1. The number of carbonyl (C=O) groups is 1. The van der Waals surface area contributed by atoms with E-state index in [1.165, 1.54) is 17.1 Å². The van der Waals surface area contributed by atoms with Crippen LogP contribution < -0.4 is 5.32 Å². The van der Waals surface area contributed by atoms with Gasteiger partial charge in [0.15, 0.2) is 0 Å². The topological polar surface area (TPSA) is 74.2 Å². The SMILES string of the molecule is CN1CCC(c2c[nH]c3ccc(NC(=O)c4ccno4)cc23)CC1. The number of likely N-dealkylation sites (tertiary alicyclic amines) is 1. The van der Waals surface area contributed by atoms with E-state index in [9.17, 15) is 4.79 Å². The minimum Gasteiger partial charge on any atom is -0.361 e. The molecule has 6 nitrogen and oxygen atoms in total. The molecule has 1 fully saturated rings. The summed E-state index contributed by atoms with van der Waals surface area (Å²) in [5.41, 5.74) is 3.20. The number of hydrogen-bond acceptors (Lipinski definition) is 4. The van der Waals surface area contributed by atoms with E-state index in [-0.39, 0.29) is 11.7 Å². The average Bonchev–Trinajstić information content (AvgIpc) is 3.25. The van der Waals surface area contributed by atoms with Crippen LogP contribution in [0, 0.1) is 0 Å². The largest absolute Gasteiger partial charge is 0.361 e. The third kappa shape index (κ3) is 2.80. The van der Waals surface area contributed by atoms with Crippen LogP contribution in [0.4, 0.5) is 5.69 Å². The highest BCUT2D eigenvalue weighted by Gasteiger charge is 2.21. The van der Waals surface area contributed by atoms with Gasteiger partial charge in [0.1, 0.15) is 0 Å². The highest BCUT2D eigenvalue weighted by Crippen LogP contribution is 2.34. The highest BCUT2D eigenvalue weighted by molar-refractivity contribution is 6.03. The van der Waals surface area contributed by atoms with E-state index in [0.29, 0.717) is 5.92 Å². The Morgan fingerprint density at radius 3 is 2.92 bits per heavy atom. The number of aromatic amines is 1. The number of aromatic nitrogens is 2. The predicted octanol–water partition coefficient (Wildman–Crippen LogP) is 3.22. The fraction of sp³-hybridized carbons (Fsp3) is 0.333. The predicted molar refractivity (Wildman–Crippen MR) is 92.2 cm³/mol. The van der Waals surface area contributed by atoms with Crippen molar-refractivity contribution in [2.45, 2.75) is 18.8 Å². The van der Waals surface area contributed by atoms with E-state index in [1.807, 2.05) is 18.2 Å². The standard InChI is InChI=1S/C18H20N4O2/c1-22-8-5-12(6-9-22)15-11-19-16-3-2-13(10-14(15)16)21-18(23)17-4-7-20-24-17/h2-4,7,10-12,19H,5-6,8-9H2,1H3,(H,21,23). The molecule has 124 valence electrons. The number of H-pyrrole nitrogens is 1. The molecule has 0 saturated carbocycles. The number of nitrogens with one attached hydrogen (secondary N) is 2. The first-order valence-electron chi connectivity index (χ1n) is 8.22. The van der Waals surface area contributed by atoms with Crippen molar-refractivity contribution in [1.29, 1.82) is 0 Å². The van der Waals surface area contributed by atoms with Gasteiger partial charge in [-0.15, -0.1) is 0 Å². The van der Waals surface area contributed by atoms with Crippen LogP contribution in [-0.2, 0) is 0 Å². The first kappa shape index (κ1) is 15.0. The lowest BCUT2D eigenvalue weighted by atomic mass is 9.89. The van der Waals surface area contributed by atoms with Crippen LogP contribution >= 0.6 is 0 Å². The van der Waals surface area contributed by atoms with Gasteiger partial charge >= 0.3 is 0 Å². The van der Waals surface area contributed by atoms with Gasteiger partial charge in [0, 0.05) is 28.9 Å².